The Kier molecular flexibility index (Phi) is 4.45. The van der Waals surface area contributed by atoms with Crippen molar-refractivity contribution in [2.24, 2.45) is 0 Å². The largest absolute Gasteiger partial charge is 0.334 e. The third kappa shape index (κ3) is 3.02. The van der Waals surface area contributed by atoms with Gasteiger partial charge in [-0.25, -0.2) is 4.39 Å². The van der Waals surface area contributed by atoms with Gasteiger partial charge in [0.15, 0.2) is 5.82 Å². The molecule has 0 fully saturated rings. The first kappa shape index (κ1) is 14.2. The Morgan fingerprint density at radius 3 is 2.70 bits per heavy atom. The van der Waals surface area contributed by atoms with Crippen LogP contribution in [0.4, 0.5) is 4.39 Å². The van der Waals surface area contributed by atoms with Crippen LogP contribution in [0.3, 0.4) is 0 Å². The highest BCUT2D eigenvalue weighted by Gasteiger charge is 2.18. The summed E-state index contributed by atoms with van der Waals surface area (Å²) in [5.41, 5.74) is 2.25. The van der Waals surface area contributed by atoms with Crippen LogP contribution in [0, 0.1) is 12.7 Å². The Morgan fingerprint density at radius 2 is 2.05 bits per heavy atom. The number of amides is 1. The lowest BCUT2D eigenvalue weighted by Gasteiger charge is -2.22. The quantitative estimate of drug-likeness (QED) is 0.856. The van der Waals surface area contributed by atoms with E-state index in [1.54, 1.807) is 4.90 Å². The Hall–Kier alpha value is -2.23. The van der Waals surface area contributed by atoms with Crippen molar-refractivity contribution in [3.05, 3.63) is 65.2 Å². The van der Waals surface area contributed by atoms with Gasteiger partial charge in [-0.3, -0.25) is 9.78 Å². The summed E-state index contributed by atoms with van der Waals surface area (Å²) in [7, 11) is 0. The van der Waals surface area contributed by atoms with E-state index in [0.717, 1.165) is 17.3 Å². The molecule has 0 radical (unpaired) electrons. The van der Waals surface area contributed by atoms with Gasteiger partial charge >= 0.3 is 0 Å². The van der Waals surface area contributed by atoms with Crippen molar-refractivity contribution in [3.8, 4) is 0 Å². The molecule has 104 valence electrons. The van der Waals surface area contributed by atoms with Crippen LogP contribution in [0.15, 0.2) is 42.7 Å². The van der Waals surface area contributed by atoms with E-state index in [9.17, 15) is 9.18 Å². The molecule has 0 aliphatic heterocycles. The van der Waals surface area contributed by atoms with Crippen LogP contribution in [0.1, 0.15) is 28.4 Å². The van der Waals surface area contributed by atoms with Crippen LogP contribution in [0.25, 0.3) is 0 Å². The Bertz CT molecular complexity index is 613. The monoisotopic (exact) mass is 272 g/mol. The van der Waals surface area contributed by atoms with Gasteiger partial charge in [-0.15, -0.1) is 0 Å². The Labute approximate surface area is 118 Å². The van der Waals surface area contributed by atoms with E-state index in [2.05, 4.69) is 4.98 Å². The van der Waals surface area contributed by atoms with Gasteiger partial charge < -0.3 is 4.90 Å². The number of pyridine rings is 1. The molecule has 1 amide bonds. The maximum absolute atomic E-state index is 13.6. The minimum atomic E-state index is -0.583. The summed E-state index contributed by atoms with van der Waals surface area (Å²) in [6, 6.07) is 9.29. The van der Waals surface area contributed by atoms with Crippen molar-refractivity contribution >= 4 is 5.91 Å². The molecular weight excluding hydrogens is 255 g/mol. The molecule has 3 nitrogen and oxygen atoms in total. The highest BCUT2D eigenvalue weighted by molar-refractivity contribution is 5.94. The molecule has 2 rings (SSSR count). The van der Waals surface area contributed by atoms with Gasteiger partial charge in [-0.1, -0.05) is 24.3 Å². The molecule has 1 aromatic heterocycles. The summed E-state index contributed by atoms with van der Waals surface area (Å²) in [6.45, 7) is 4.88. The second kappa shape index (κ2) is 6.28. The molecule has 0 saturated heterocycles. The Morgan fingerprint density at radius 1 is 1.30 bits per heavy atom. The van der Waals surface area contributed by atoms with Crippen LogP contribution < -0.4 is 0 Å². The molecule has 20 heavy (non-hydrogen) atoms. The fourth-order valence-electron chi connectivity index (χ4n) is 2.04. The number of aromatic nitrogens is 1. The van der Waals surface area contributed by atoms with E-state index in [0.29, 0.717) is 13.1 Å². The zero-order valence-corrected chi connectivity index (χ0v) is 11.6. The SMILES string of the molecule is CCN(Cc1ccccc1C)C(=O)c1ccncc1F. The molecule has 0 aliphatic rings. The first-order valence-corrected chi connectivity index (χ1v) is 6.56. The molecule has 0 aliphatic carbocycles. The lowest BCUT2D eigenvalue weighted by molar-refractivity contribution is 0.0747. The molecule has 4 heteroatoms. The Balaban J connectivity index is 2.23. The number of carbonyl (C=O) groups is 1. The van der Waals surface area contributed by atoms with Gasteiger partial charge in [-0.05, 0) is 31.0 Å². The van der Waals surface area contributed by atoms with Gasteiger partial charge in [-0.2, -0.15) is 0 Å². The predicted octanol–water partition coefficient (Wildman–Crippen LogP) is 3.19. The van der Waals surface area contributed by atoms with Crippen molar-refractivity contribution in [2.75, 3.05) is 6.54 Å². The first-order valence-electron chi connectivity index (χ1n) is 6.56. The minimum Gasteiger partial charge on any atom is -0.334 e. The van der Waals surface area contributed by atoms with E-state index < -0.39 is 5.82 Å². The fraction of sp³-hybridized carbons (Fsp3) is 0.250. The molecule has 2 aromatic rings. The molecule has 0 unspecified atom stereocenters. The van der Waals surface area contributed by atoms with Crippen molar-refractivity contribution < 1.29 is 9.18 Å². The van der Waals surface area contributed by atoms with Crippen LogP contribution in [-0.4, -0.2) is 22.3 Å². The zero-order chi connectivity index (χ0) is 14.5. The fourth-order valence-corrected chi connectivity index (χ4v) is 2.04. The van der Waals surface area contributed by atoms with E-state index in [4.69, 9.17) is 0 Å². The molecule has 0 bridgehead atoms. The van der Waals surface area contributed by atoms with E-state index in [1.807, 2.05) is 38.1 Å². The second-order valence-electron chi connectivity index (χ2n) is 4.60. The molecule has 0 N–H and O–H groups in total. The average Bonchev–Trinajstić information content (AvgIpc) is 2.46. The normalized spacial score (nSPS) is 10.3. The summed E-state index contributed by atoms with van der Waals surface area (Å²) in [6.07, 6.45) is 2.49. The third-order valence-electron chi connectivity index (χ3n) is 3.29. The molecule has 1 aromatic carbocycles. The summed E-state index contributed by atoms with van der Waals surface area (Å²) >= 11 is 0. The smallest absolute Gasteiger partial charge is 0.257 e. The maximum Gasteiger partial charge on any atom is 0.257 e. The van der Waals surface area contributed by atoms with Crippen LogP contribution in [0.2, 0.25) is 0 Å². The molecule has 0 atom stereocenters. The van der Waals surface area contributed by atoms with Crippen molar-refractivity contribution in [1.82, 2.24) is 9.88 Å². The number of carbonyl (C=O) groups excluding carboxylic acids is 1. The van der Waals surface area contributed by atoms with Gasteiger partial charge in [0.1, 0.15) is 0 Å². The van der Waals surface area contributed by atoms with Crippen molar-refractivity contribution in [3.63, 3.8) is 0 Å². The van der Waals surface area contributed by atoms with E-state index in [-0.39, 0.29) is 11.5 Å². The van der Waals surface area contributed by atoms with Gasteiger partial charge in [0.2, 0.25) is 0 Å². The number of hydrogen-bond donors (Lipinski definition) is 0. The van der Waals surface area contributed by atoms with E-state index >= 15 is 0 Å². The molecular formula is C16H17FN2O. The summed E-state index contributed by atoms with van der Waals surface area (Å²) in [5, 5.41) is 0. The minimum absolute atomic E-state index is 0.0652. The third-order valence-corrected chi connectivity index (χ3v) is 3.29. The number of aryl methyl sites for hydroxylation is 1. The lowest BCUT2D eigenvalue weighted by atomic mass is 10.1. The first-order chi connectivity index (χ1) is 9.63. The topological polar surface area (TPSA) is 33.2 Å². The number of halogens is 1. The van der Waals surface area contributed by atoms with Crippen LogP contribution in [0.5, 0.6) is 0 Å². The van der Waals surface area contributed by atoms with Gasteiger partial charge in [0.05, 0.1) is 11.8 Å². The molecule has 1 heterocycles. The maximum atomic E-state index is 13.6. The lowest BCUT2D eigenvalue weighted by Crippen LogP contribution is -2.31. The van der Waals surface area contributed by atoms with Crippen molar-refractivity contribution in [1.29, 1.82) is 0 Å². The van der Waals surface area contributed by atoms with Gasteiger partial charge in [0.25, 0.3) is 5.91 Å². The highest BCUT2D eigenvalue weighted by atomic mass is 19.1. The van der Waals surface area contributed by atoms with Gasteiger partial charge in [0, 0.05) is 19.3 Å². The second-order valence-corrected chi connectivity index (χ2v) is 4.60. The zero-order valence-electron chi connectivity index (χ0n) is 11.6. The summed E-state index contributed by atoms with van der Waals surface area (Å²) in [4.78, 5) is 17.7. The standard InChI is InChI=1S/C16H17FN2O/c1-3-19(11-13-7-5-4-6-12(13)2)16(20)14-8-9-18-10-15(14)17/h4-10H,3,11H2,1-2H3. The van der Waals surface area contributed by atoms with Crippen molar-refractivity contribution in [2.45, 2.75) is 20.4 Å². The number of benzene rings is 1. The predicted molar refractivity (Wildman–Crippen MR) is 75.8 cm³/mol. The number of hydrogen-bond acceptors (Lipinski definition) is 2. The summed E-state index contributed by atoms with van der Waals surface area (Å²) < 4.78 is 13.6. The average molecular weight is 272 g/mol. The number of nitrogens with zero attached hydrogens (tertiary/aromatic N) is 2. The number of rotatable bonds is 4. The van der Waals surface area contributed by atoms with E-state index in [1.165, 1.54) is 12.3 Å². The molecule has 0 saturated carbocycles. The highest BCUT2D eigenvalue weighted by Crippen LogP contribution is 2.14. The summed E-state index contributed by atoms with van der Waals surface area (Å²) in [5.74, 6) is -0.892. The van der Waals surface area contributed by atoms with Crippen LogP contribution in [-0.2, 0) is 6.54 Å². The molecule has 0 spiro atoms. The van der Waals surface area contributed by atoms with Crippen LogP contribution >= 0.6 is 0 Å².